The highest BCUT2D eigenvalue weighted by Gasteiger charge is 2.12. The van der Waals surface area contributed by atoms with Crippen LogP contribution in [-0.4, -0.2) is 6.29 Å². The average molecular weight is 218 g/mol. The van der Waals surface area contributed by atoms with Crippen LogP contribution in [0.2, 0.25) is 0 Å². The Kier molecular flexibility index (Phi) is 5.84. The van der Waals surface area contributed by atoms with Gasteiger partial charge in [-0.05, 0) is 36.3 Å². The Morgan fingerprint density at radius 3 is 2.81 bits per heavy atom. The zero-order valence-electron chi connectivity index (χ0n) is 10.4. The Morgan fingerprint density at radius 2 is 2.19 bits per heavy atom. The van der Waals surface area contributed by atoms with E-state index in [9.17, 15) is 4.79 Å². The van der Waals surface area contributed by atoms with Gasteiger partial charge in [-0.15, -0.1) is 0 Å². The summed E-state index contributed by atoms with van der Waals surface area (Å²) in [5.41, 5.74) is 2.26. The predicted octanol–water partition coefficient (Wildman–Crippen LogP) is 4.21. The molecule has 0 saturated heterocycles. The number of carbonyl (C=O) groups excluding carboxylic acids is 1. The third kappa shape index (κ3) is 4.18. The topological polar surface area (TPSA) is 17.1 Å². The number of hydrogen-bond donors (Lipinski definition) is 0. The SMILES string of the molecule is CCCCC/C=C/C1=CC=C(C=O)C(C)C1. The Labute approximate surface area is 98.9 Å². The molecule has 0 aromatic rings. The highest BCUT2D eigenvalue weighted by Crippen LogP contribution is 2.24. The van der Waals surface area contributed by atoms with E-state index < -0.39 is 0 Å². The van der Waals surface area contributed by atoms with E-state index in [0.29, 0.717) is 5.92 Å². The highest BCUT2D eigenvalue weighted by molar-refractivity contribution is 5.75. The molecule has 0 heterocycles. The van der Waals surface area contributed by atoms with Crippen LogP contribution in [0.15, 0.2) is 35.5 Å². The lowest BCUT2D eigenvalue weighted by Crippen LogP contribution is -2.05. The molecule has 88 valence electrons. The molecule has 0 spiro atoms. The first kappa shape index (κ1) is 13.0. The normalized spacial score (nSPS) is 20.8. The number of rotatable bonds is 6. The van der Waals surface area contributed by atoms with Gasteiger partial charge in [-0.1, -0.05) is 51.0 Å². The Hall–Kier alpha value is -1.11. The van der Waals surface area contributed by atoms with Crippen molar-refractivity contribution in [1.29, 1.82) is 0 Å². The van der Waals surface area contributed by atoms with Crippen LogP contribution in [0.1, 0.15) is 46.0 Å². The zero-order chi connectivity index (χ0) is 11.8. The van der Waals surface area contributed by atoms with Crippen LogP contribution in [0.5, 0.6) is 0 Å². The molecular formula is C15H22O. The van der Waals surface area contributed by atoms with Gasteiger partial charge in [-0.25, -0.2) is 0 Å². The molecule has 0 saturated carbocycles. The van der Waals surface area contributed by atoms with Gasteiger partial charge < -0.3 is 0 Å². The van der Waals surface area contributed by atoms with Crippen LogP contribution >= 0.6 is 0 Å². The average Bonchev–Trinajstić information content (AvgIpc) is 2.29. The summed E-state index contributed by atoms with van der Waals surface area (Å²) in [6, 6.07) is 0. The van der Waals surface area contributed by atoms with Gasteiger partial charge in [0, 0.05) is 0 Å². The van der Waals surface area contributed by atoms with Gasteiger partial charge in [0.25, 0.3) is 0 Å². The summed E-state index contributed by atoms with van der Waals surface area (Å²) in [7, 11) is 0. The van der Waals surface area contributed by atoms with Crippen molar-refractivity contribution in [2.45, 2.75) is 46.0 Å². The number of aldehydes is 1. The van der Waals surface area contributed by atoms with Crippen molar-refractivity contribution in [2.24, 2.45) is 5.92 Å². The predicted molar refractivity (Wildman–Crippen MR) is 69.3 cm³/mol. The molecule has 0 fully saturated rings. The Bertz CT molecular complexity index is 307. The van der Waals surface area contributed by atoms with Crippen molar-refractivity contribution in [1.82, 2.24) is 0 Å². The lowest BCUT2D eigenvalue weighted by atomic mass is 9.89. The van der Waals surface area contributed by atoms with Gasteiger partial charge in [-0.3, -0.25) is 4.79 Å². The zero-order valence-corrected chi connectivity index (χ0v) is 10.4. The molecule has 1 heteroatoms. The molecule has 1 atom stereocenters. The van der Waals surface area contributed by atoms with Gasteiger partial charge in [-0.2, -0.15) is 0 Å². The van der Waals surface area contributed by atoms with E-state index in [2.05, 4.69) is 32.1 Å². The third-order valence-electron chi connectivity index (χ3n) is 3.04. The van der Waals surface area contributed by atoms with Crippen LogP contribution < -0.4 is 0 Å². The van der Waals surface area contributed by atoms with Crippen molar-refractivity contribution in [2.75, 3.05) is 0 Å². The fourth-order valence-corrected chi connectivity index (χ4v) is 1.93. The molecule has 1 unspecified atom stereocenters. The molecule has 1 aliphatic carbocycles. The largest absolute Gasteiger partial charge is 0.298 e. The molecular weight excluding hydrogens is 196 g/mol. The fourth-order valence-electron chi connectivity index (χ4n) is 1.93. The van der Waals surface area contributed by atoms with Gasteiger partial charge in [0.15, 0.2) is 0 Å². The molecule has 0 aromatic carbocycles. The second kappa shape index (κ2) is 7.21. The van der Waals surface area contributed by atoms with Gasteiger partial charge in [0.1, 0.15) is 6.29 Å². The number of unbranched alkanes of at least 4 members (excludes halogenated alkanes) is 3. The summed E-state index contributed by atoms with van der Waals surface area (Å²) >= 11 is 0. The van der Waals surface area contributed by atoms with Crippen LogP contribution in [0.3, 0.4) is 0 Å². The quantitative estimate of drug-likeness (QED) is 0.482. The maximum atomic E-state index is 10.7. The molecule has 16 heavy (non-hydrogen) atoms. The first-order valence-electron chi connectivity index (χ1n) is 6.30. The maximum absolute atomic E-state index is 10.7. The summed E-state index contributed by atoms with van der Waals surface area (Å²) in [6.45, 7) is 4.33. The number of hydrogen-bond acceptors (Lipinski definition) is 1. The minimum atomic E-state index is 0.373. The first-order chi connectivity index (χ1) is 7.77. The van der Waals surface area contributed by atoms with Gasteiger partial charge in [0.05, 0.1) is 0 Å². The van der Waals surface area contributed by atoms with Crippen LogP contribution in [0, 0.1) is 5.92 Å². The lowest BCUT2D eigenvalue weighted by Gasteiger charge is -2.15. The van der Waals surface area contributed by atoms with E-state index in [1.807, 2.05) is 6.08 Å². The summed E-state index contributed by atoms with van der Waals surface area (Å²) in [5.74, 6) is 0.373. The van der Waals surface area contributed by atoms with E-state index in [1.54, 1.807) is 0 Å². The molecule has 0 radical (unpaired) electrons. The van der Waals surface area contributed by atoms with E-state index >= 15 is 0 Å². The lowest BCUT2D eigenvalue weighted by molar-refractivity contribution is -0.105. The Balaban J connectivity index is 2.41. The van der Waals surface area contributed by atoms with Crippen molar-refractivity contribution in [3.05, 3.63) is 35.5 Å². The van der Waals surface area contributed by atoms with Crippen molar-refractivity contribution >= 4 is 6.29 Å². The van der Waals surface area contributed by atoms with Crippen molar-refractivity contribution in [3.63, 3.8) is 0 Å². The molecule has 1 aliphatic rings. The molecule has 0 bridgehead atoms. The molecule has 0 N–H and O–H groups in total. The molecule has 0 aliphatic heterocycles. The highest BCUT2D eigenvalue weighted by atomic mass is 16.1. The van der Waals surface area contributed by atoms with E-state index in [-0.39, 0.29) is 0 Å². The Morgan fingerprint density at radius 1 is 1.38 bits per heavy atom. The van der Waals surface area contributed by atoms with E-state index in [4.69, 9.17) is 0 Å². The van der Waals surface area contributed by atoms with Crippen LogP contribution in [0.25, 0.3) is 0 Å². The summed E-state index contributed by atoms with van der Waals surface area (Å²) in [6.07, 6.45) is 15.5. The maximum Gasteiger partial charge on any atom is 0.146 e. The molecule has 1 rings (SSSR count). The minimum absolute atomic E-state index is 0.373. The standard InChI is InChI=1S/C15H22O/c1-3-4-5-6-7-8-14-9-10-15(12-16)13(2)11-14/h7-10,12-13H,3-6,11H2,1-2H3/b8-7+. The van der Waals surface area contributed by atoms with Crippen molar-refractivity contribution in [3.8, 4) is 0 Å². The van der Waals surface area contributed by atoms with E-state index in [1.165, 1.54) is 31.3 Å². The second-order valence-corrected chi connectivity index (χ2v) is 4.53. The van der Waals surface area contributed by atoms with Crippen LogP contribution in [-0.2, 0) is 4.79 Å². The van der Waals surface area contributed by atoms with E-state index in [0.717, 1.165) is 18.3 Å². The summed E-state index contributed by atoms with van der Waals surface area (Å²) in [4.78, 5) is 10.7. The van der Waals surface area contributed by atoms with Crippen LogP contribution in [0.4, 0.5) is 0 Å². The summed E-state index contributed by atoms with van der Waals surface area (Å²) < 4.78 is 0. The molecule has 1 nitrogen and oxygen atoms in total. The number of carbonyl (C=O) groups is 1. The first-order valence-corrected chi connectivity index (χ1v) is 6.30. The molecule has 0 aromatic heterocycles. The summed E-state index contributed by atoms with van der Waals surface area (Å²) in [5, 5.41) is 0. The fraction of sp³-hybridized carbons (Fsp3) is 0.533. The minimum Gasteiger partial charge on any atom is -0.298 e. The van der Waals surface area contributed by atoms with Gasteiger partial charge in [0.2, 0.25) is 0 Å². The van der Waals surface area contributed by atoms with Gasteiger partial charge >= 0.3 is 0 Å². The monoisotopic (exact) mass is 218 g/mol. The smallest absolute Gasteiger partial charge is 0.146 e. The molecule has 0 amide bonds. The second-order valence-electron chi connectivity index (χ2n) is 4.53. The number of allylic oxidation sites excluding steroid dienone is 6. The third-order valence-corrected chi connectivity index (χ3v) is 3.04. The van der Waals surface area contributed by atoms with Crippen molar-refractivity contribution < 1.29 is 4.79 Å².